The van der Waals surface area contributed by atoms with Gasteiger partial charge in [-0.1, -0.05) is 17.7 Å². The Kier molecular flexibility index (Phi) is 5.60. The summed E-state index contributed by atoms with van der Waals surface area (Å²) in [6.45, 7) is 0.821. The van der Waals surface area contributed by atoms with Crippen LogP contribution >= 0.6 is 11.6 Å². The van der Waals surface area contributed by atoms with E-state index < -0.39 is 0 Å². The number of carbonyl (C=O) groups excluding carboxylic acids is 2. The van der Waals surface area contributed by atoms with E-state index in [1.54, 1.807) is 42.7 Å². The van der Waals surface area contributed by atoms with Crippen molar-refractivity contribution in [2.75, 3.05) is 31.7 Å². The zero-order chi connectivity index (χ0) is 22.9. The van der Waals surface area contributed by atoms with Crippen LogP contribution in [0.15, 0.2) is 48.9 Å². The van der Waals surface area contributed by atoms with Gasteiger partial charge in [-0.05, 0) is 41.8 Å². The number of fused-ring (bicyclic) bond motifs is 2. The fourth-order valence-electron chi connectivity index (χ4n) is 4.08. The van der Waals surface area contributed by atoms with Crippen LogP contribution in [-0.4, -0.2) is 53.5 Å². The molecule has 0 N–H and O–H groups in total. The van der Waals surface area contributed by atoms with Gasteiger partial charge in [-0.15, -0.1) is 0 Å². The Balaban J connectivity index is 1.36. The normalized spacial score (nSPS) is 14.9. The summed E-state index contributed by atoms with van der Waals surface area (Å²) in [4.78, 5) is 37.4. The third kappa shape index (κ3) is 4.21. The lowest BCUT2D eigenvalue weighted by Crippen LogP contribution is -2.47. The van der Waals surface area contributed by atoms with E-state index in [0.29, 0.717) is 29.7 Å². The maximum atomic E-state index is 13.1. The molecule has 0 aliphatic carbocycles. The van der Waals surface area contributed by atoms with Gasteiger partial charge in [0.15, 0.2) is 18.2 Å². The molecule has 0 atom stereocenters. The van der Waals surface area contributed by atoms with Gasteiger partial charge in [0.05, 0.1) is 12.1 Å². The molecule has 1 aromatic carbocycles. The summed E-state index contributed by atoms with van der Waals surface area (Å²) in [5.41, 5.74) is 3.80. The van der Waals surface area contributed by atoms with Crippen molar-refractivity contribution in [1.82, 2.24) is 14.9 Å². The van der Waals surface area contributed by atoms with E-state index in [1.807, 2.05) is 18.2 Å². The Morgan fingerprint density at radius 1 is 1.15 bits per heavy atom. The van der Waals surface area contributed by atoms with E-state index in [9.17, 15) is 9.59 Å². The van der Waals surface area contributed by atoms with E-state index in [0.717, 1.165) is 28.9 Å². The average Bonchev–Trinajstić information content (AvgIpc) is 2.84. The van der Waals surface area contributed by atoms with Crippen molar-refractivity contribution in [3.05, 3.63) is 65.1 Å². The van der Waals surface area contributed by atoms with Gasteiger partial charge in [-0.25, -0.2) is 4.98 Å². The van der Waals surface area contributed by atoms with Gasteiger partial charge < -0.3 is 14.4 Å². The molecular formula is C24H21ClN4O4. The number of anilines is 1. The number of amides is 2. The number of rotatable bonds is 4. The van der Waals surface area contributed by atoms with Crippen LogP contribution in [0.5, 0.6) is 11.5 Å². The van der Waals surface area contributed by atoms with Crippen molar-refractivity contribution < 1.29 is 19.1 Å². The summed E-state index contributed by atoms with van der Waals surface area (Å²) >= 11 is 6.04. The summed E-state index contributed by atoms with van der Waals surface area (Å²) in [6.07, 6.45) is 5.60. The van der Waals surface area contributed by atoms with Crippen molar-refractivity contribution in [2.24, 2.45) is 0 Å². The molecule has 0 fully saturated rings. The maximum absolute atomic E-state index is 13.1. The van der Waals surface area contributed by atoms with Gasteiger partial charge >= 0.3 is 0 Å². The summed E-state index contributed by atoms with van der Waals surface area (Å²) in [6, 6.07) is 9.48. The number of ether oxygens (including phenoxy) is 2. The van der Waals surface area contributed by atoms with E-state index >= 15 is 0 Å². The molecule has 0 unspecified atom stereocenters. The number of carbonyl (C=O) groups is 2. The van der Waals surface area contributed by atoms with Gasteiger partial charge in [0.1, 0.15) is 12.3 Å². The molecule has 0 saturated heterocycles. The summed E-state index contributed by atoms with van der Waals surface area (Å²) in [5, 5.41) is 0.509. The lowest BCUT2D eigenvalue weighted by Gasteiger charge is -2.33. The molecule has 0 saturated carbocycles. The Labute approximate surface area is 195 Å². The fraction of sp³-hybridized carbons (Fsp3) is 0.250. The highest BCUT2D eigenvalue weighted by atomic mass is 35.5. The second-order valence-corrected chi connectivity index (χ2v) is 8.34. The molecule has 0 spiro atoms. The van der Waals surface area contributed by atoms with Crippen LogP contribution in [0.1, 0.15) is 11.1 Å². The monoisotopic (exact) mass is 464 g/mol. The Morgan fingerprint density at radius 2 is 2.00 bits per heavy atom. The minimum Gasteiger partial charge on any atom is -0.497 e. The van der Waals surface area contributed by atoms with Crippen LogP contribution in [0.4, 0.5) is 5.82 Å². The third-order valence-corrected chi connectivity index (χ3v) is 6.06. The van der Waals surface area contributed by atoms with Gasteiger partial charge in [-0.3, -0.25) is 19.5 Å². The van der Waals surface area contributed by atoms with Crippen LogP contribution < -0.4 is 14.4 Å². The zero-order valence-electron chi connectivity index (χ0n) is 18.0. The van der Waals surface area contributed by atoms with Crippen molar-refractivity contribution in [1.29, 1.82) is 0 Å². The topological polar surface area (TPSA) is 84.9 Å². The Morgan fingerprint density at radius 3 is 2.82 bits per heavy atom. The summed E-state index contributed by atoms with van der Waals surface area (Å²) < 4.78 is 10.9. The fourth-order valence-corrected chi connectivity index (χ4v) is 4.25. The Bertz CT molecular complexity index is 1250. The predicted molar refractivity (Wildman–Crippen MR) is 122 cm³/mol. The molecule has 2 amide bonds. The molecule has 0 radical (unpaired) electrons. The number of aromatic nitrogens is 2. The average molecular weight is 465 g/mol. The minimum absolute atomic E-state index is 0.0977. The van der Waals surface area contributed by atoms with Crippen molar-refractivity contribution in [3.63, 3.8) is 0 Å². The highest BCUT2D eigenvalue weighted by Crippen LogP contribution is 2.34. The zero-order valence-corrected chi connectivity index (χ0v) is 18.7. The van der Waals surface area contributed by atoms with E-state index in [-0.39, 0.29) is 25.0 Å². The lowest BCUT2D eigenvalue weighted by molar-refractivity contribution is -0.132. The number of hydrogen-bond donors (Lipinski definition) is 0. The van der Waals surface area contributed by atoms with Crippen LogP contribution in [0.2, 0.25) is 5.02 Å². The van der Waals surface area contributed by atoms with Crippen LogP contribution in [0.3, 0.4) is 0 Å². The summed E-state index contributed by atoms with van der Waals surface area (Å²) in [7, 11) is 1.62. The number of benzene rings is 1. The highest BCUT2D eigenvalue weighted by molar-refractivity contribution is 6.30. The molecule has 5 rings (SSSR count). The van der Waals surface area contributed by atoms with E-state index in [1.165, 1.54) is 10.5 Å². The largest absolute Gasteiger partial charge is 0.497 e. The standard InChI is InChI=1S/C24H21ClN4O4/c1-32-20-3-2-15-4-5-28(12-18(15)7-20)22(30)13-29-23(31)14-33-21-8-17(10-27-24(21)29)16-6-19(25)11-26-9-16/h2-3,6-11H,4-5,12-14H2,1H3. The second-order valence-electron chi connectivity index (χ2n) is 7.91. The molecule has 168 valence electrons. The van der Waals surface area contributed by atoms with Crippen LogP contribution in [0, 0.1) is 0 Å². The van der Waals surface area contributed by atoms with Crippen LogP contribution in [0.25, 0.3) is 11.1 Å². The molecule has 2 aliphatic rings. The van der Waals surface area contributed by atoms with E-state index in [4.69, 9.17) is 21.1 Å². The number of pyridine rings is 2. The first-order chi connectivity index (χ1) is 16.0. The number of hydrogen-bond acceptors (Lipinski definition) is 6. The molecule has 9 heteroatoms. The smallest absolute Gasteiger partial charge is 0.266 e. The van der Waals surface area contributed by atoms with Gasteiger partial charge in [0, 0.05) is 42.8 Å². The molecule has 3 aromatic rings. The van der Waals surface area contributed by atoms with Crippen molar-refractivity contribution in [2.45, 2.75) is 13.0 Å². The molecule has 2 aliphatic heterocycles. The summed E-state index contributed by atoms with van der Waals surface area (Å²) in [5.74, 6) is 1.08. The van der Waals surface area contributed by atoms with Crippen molar-refractivity contribution in [3.8, 4) is 22.6 Å². The number of nitrogens with zero attached hydrogens (tertiary/aromatic N) is 4. The second kappa shape index (κ2) is 8.71. The predicted octanol–water partition coefficient (Wildman–Crippen LogP) is 3.12. The quantitative estimate of drug-likeness (QED) is 0.590. The lowest BCUT2D eigenvalue weighted by atomic mass is 9.99. The van der Waals surface area contributed by atoms with E-state index in [2.05, 4.69) is 9.97 Å². The van der Waals surface area contributed by atoms with Gasteiger partial charge in [-0.2, -0.15) is 0 Å². The van der Waals surface area contributed by atoms with Crippen LogP contribution in [-0.2, 0) is 22.6 Å². The first-order valence-corrected chi connectivity index (χ1v) is 10.9. The van der Waals surface area contributed by atoms with Crippen molar-refractivity contribution >= 4 is 29.2 Å². The molecule has 4 heterocycles. The molecule has 0 bridgehead atoms. The van der Waals surface area contributed by atoms with Gasteiger partial charge in [0.25, 0.3) is 5.91 Å². The molecule has 33 heavy (non-hydrogen) atoms. The number of halogens is 1. The minimum atomic E-state index is -0.306. The third-order valence-electron chi connectivity index (χ3n) is 5.85. The first kappa shape index (κ1) is 21.2. The molecule has 2 aromatic heterocycles. The first-order valence-electron chi connectivity index (χ1n) is 10.5. The SMILES string of the molecule is COc1ccc2c(c1)CN(C(=O)CN1C(=O)COc3cc(-c4cncc(Cl)c4)cnc31)CC2. The molecule has 8 nitrogen and oxygen atoms in total. The highest BCUT2D eigenvalue weighted by Gasteiger charge is 2.31. The molecular weight excluding hydrogens is 444 g/mol. The van der Waals surface area contributed by atoms with Gasteiger partial charge in [0.2, 0.25) is 5.91 Å². The number of methoxy groups -OCH3 is 1. The maximum Gasteiger partial charge on any atom is 0.266 e. The Hall–Kier alpha value is -3.65.